The molecular formula is C16H20O7. The van der Waals surface area contributed by atoms with Gasteiger partial charge in [0, 0.05) is 5.92 Å². The molecule has 0 amide bonds. The minimum Gasteiger partial charge on any atom is -0.493 e. The second-order valence-corrected chi connectivity index (χ2v) is 4.92. The Balaban J connectivity index is 2.43. The summed E-state index contributed by atoms with van der Waals surface area (Å²) in [6.07, 6.45) is 0. The standard InChI is InChI=1S/C16H20O7/c1-5-22-15(17)13-10(8-23-16(13)18)9-6-11(19-2)14(21-4)12(7-9)20-3/h6-7,10,13H,5,8H2,1-4H3. The Labute approximate surface area is 134 Å². The highest BCUT2D eigenvalue weighted by Gasteiger charge is 2.44. The molecule has 0 N–H and O–H groups in total. The highest BCUT2D eigenvalue weighted by Crippen LogP contribution is 2.43. The number of hydrogen-bond donors (Lipinski definition) is 0. The second-order valence-electron chi connectivity index (χ2n) is 4.92. The van der Waals surface area contributed by atoms with Gasteiger partial charge in [0.1, 0.15) is 0 Å². The molecule has 2 rings (SSSR count). The summed E-state index contributed by atoms with van der Waals surface area (Å²) in [5.74, 6) is -1.28. The normalized spacial score (nSPS) is 19.9. The van der Waals surface area contributed by atoms with Crippen molar-refractivity contribution in [1.29, 1.82) is 0 Å². The van der Waals surface area contributed by atoms with Crippen LogP contribution in [0.5, 0.6) is 17.2 Å². The molecule has 126 valence electrons. The highest BCUT2D eigenvalue weighted by molar-refractivity contribution is 5.97. The van der Waals surface area contributed by atoms with Crippen molar-refractivity contribution in [3.8, 4) is 17.2 Å². The number of benzene rings is 1. The molecule has 0 saturated carbocycles. The molecule has 7 nitrogen and oxygen atoms in total. The van der Waals surface area contributed by atoms with Crippen molar-refractivity contribution in [1.82, 2.24) is 0 Å². The molecule has 1 heterocycles. The van der Waals surface area contributed by atoms with Crippen LogP contribution in [0.25, 0.3) is 0 Å². The molecule has 0 radical (unpaired) electrons. The fourth-order valence-electron chi connectivity index (χ4n) is 2.62. The maximum atomic E-state index is 12.1. The number of cyclic esters (lactones) is 1. The van der Waals surface area contributed by atoms with Crippen molar-refractivity contribution in [2.24, 2.45) is 5.92 Å². The van der Waals surface area contributed by atoms with Crippen molar-refractivity contribution in [3.63, 3.8) is 0 Å². The fraction of sp³-hybridized carbons (Fsp3) is 0.500. The van der Waals surface area contributed by atoms with Crippen LogP contribution in [0.3, 0.4) is 0 Å². The van der Waals surface area contributed by atoms with Crippen LogP contribution in [0.1, 0.15) is 18.4 Å². The van der Waals surface area contributed by atoms with Gasteiger partial charge in [0.05, 0.1) is 34.5 Å². The number of esters is 2. The molecule has 7 heteroatoms. The lowest BCUT2D eigenvalue weighted by molar-refractivity contribution is -0.155. The number of methoxy groups -OCH3 is 3. The largest absolute Gasteiger partial charge is 0.493 e. The SMILES string of the molecule is CCOC(=O)C1C(=O)OCC1c1cc(OC)c(OC)c(OC)c1. The van der Waals surface area contributed by atoms with E-state index >= 15 is 0 Å². The van der Waals surface area contributed by atoms with Crippen LogP contribution in [-0.2, 0) is 19.1 Å². The number of ether oxygens (including phenoxy) is 5. The van der Waals surface area contributed by atoms with Gasteiger partial charge in [0.2, 0.25) is 5.75 Å². The van der Waals surface area contributed by atoms with Gasteiger partial charge in [-0.15, -0.1) is 0 Å². The number of rotatable bonds is 6. The first-order chi connectivity index (χ1) is 11.1. The maximum Gasteiger partial charge on any atom is 0.321 e. The van der Waals surface area contributed by atoms with Crippen molar-refractivity contribution in [2.75, 3.05) is 34.5 Å². The van der Waals surface area contributed by atoms with E-state index in [0.717, 1.165) is 0 Å². The fourth-order valence-corrected chi connectivity index (χ4v) is 2.62. The summed E-state index contributed by atoms with van der Waals surface area (Å²) < 4.78 is 25.9. The van der Waals surface area contributed by atoms with E-state index in [1.54, 1.807) is 19.1 Å². The maximum absolute atomic E-state index is 12.1. The van der Waals surface area contributed by atoms with Gasteiger partial charge in [-0.3, -0.25) is 9.59 Å². The van der Waals surface area contributed by atoms with Gasteiger partial charge in [-0.25, -0.2) is 0 Å². The first-order valence-electron chi connectivity index (χ1n) is 7.20. The number of carbonyl (C=O) groups is 2. The zero-order valence-electron chi connectivity index (χ0n) is 13.6. The summed E-state index contributed by atoms with van der Waals surface area (Å²) in [6, 6.07) is 3.42. The zero-order chi connectivity index (χ0) is 17.0. The lowest BCUT2D eigenvalue weighted by Gasteiger charge is -2.18. The molecule has 1 fully saturated rings. The average molecular weight is 324 g/mol. The van der Waals surface area contributed by atoms with Crippen molar-refractivity contribution < 1.29 is 33.3 Å². The number of carbonyl (C=O) groups excluding carboxylic acids is 2. The van der Waals surface area contributed by atoms with Gasteiger partial charge in [-0.05, 0) is 24.6 Å². The lowest BCUT2D eigenvalue weighted by Crippen LogP contribution is -2.26. The molecule has 2 atom stereocenters. The molecule has 1 aliphatic rings. The Morgan fingerprint density at radius 3 is 2.26 bits per heavy atom. The predicted octanol–water partition coefficient (Wildman–Crippen LogP) is 1.53. The van der Waals surface area contributed by atoms with Crippen molar-refractivity contribution >= 4 is 11.9 Å². The summed E-state index contributed by atoms with van der Waals surface area (Å²) in [5.41, 5.74) is 0.684. The molecule has 1 aromatic rings. The van der Waals surface area contributed by atoms with Crippen molar-refractivity contribution in [2.45, 2.75) is 12.8 Å². The Hall–Kier alpha value is -2.44. The average Bonchev–Trinajstić information content (AvgIpc) is 2.95. The quantitative estimate of drug-likeness (QED) is 0.580. The van der Waals surface area contributed by atoms with Gasteiger partial charge in [0.15, 0.2) is 17.4 Å². The van der Waals surface area contributed by atoms with E-state index in [1.807, 2.05) is 0 Å². The number of hydrogen-bond acceptors (Lipinski definition) is 7. The van der Waals surface area contributed by atoms with Gasteiger partial charge in [0.25, 0.3) is 0 Å². The highest BCUT2D eigenvalue weighted by atomic mass is 16.6. The minimum atomic E-state index is -0.988. The molecule has 2 unspecified atom stereocenters. The van der Waals surface area contributed by atoms with Gasteiger partial charge in [-0.1, -0.05) is 0 Å². The lowest BCUT2D eigenvalue weighted by atomic mass is 9.88. The van der Waals surface area contributed by atoms with Gasteiger partial charge < -0.3 is 23.7 Å². The second kappa shape index (κ2) is 7.21. The van der Waals surface area contributed by atoms with Crippen LogP contribution in [-0.4, -0.2) is 46.5 Å². The zero-order valence-corrected chi connectivity index (χ0v) is 13.6. The van der Waals surface area contributed by atoms with Crippen molar-refractivity contribution in [3.05, 3.63) is 17.7 Å². The van der Waals surface area contributed by atoms with Crippen LogP contribution < -0.4 is 14.2 Å². The topological polar surface area (TPSA) is 80.3 Å². The third kappa shape index (κ3) is 3.18. The van der Waals surface area contributed by atoms with Gasteiger partial charge >= 0.3 is 11.9 Å². The van der Waals surface area contributed by atoms with E-state index < -0.39 is 23.8 Å². The third-order valence-corrected chi connectivity index (χ3v) is 3.72. The Bertz CT molecular complexity index is 571. The Kier molecular flexibility index (Phi) is 5.31. The summed E-state index contributed by atoms with van der Waals surface area (Å²) in [7, 11) is 4.50. The molecular weight excluding hydrogens is 304 g/mol. The van der Waals surface area contributed by atoms with E-state index in [0.29, 0.717) is 22.8 Å². The van der Waals surface area contributed by atoms with Crippen LogP contribution in [0.4, 0.5) is 0 Å². The molecule has 0 aliphatic carbocycles. The molecule has 1 aliphatic heterocycles. The molecule has 1 saturated heterocycles. The Morgan fingerprint density at radius 1 is 1.17 bits per heavy atom. The molecule has 0 aromatic heterocycles. The minimum absolute atomic E-state index is 0.0982. The van der Waals surface area contributed by atoms with E-state index in [9.17, 15) is 9.59 Å². The first kappa shape index (κ1) is 16.9. The van der Waals surface area contributed by atoms with E-state index in [-0.39, 0.29) is 13.2 Å². The van der Waals surface area contributed by atoms with E-state index in [2.05, 4.69) is 0 Å². The summed E-state index contributed by atoms with van der Waals surface area (Å²) >= 11 is 0. The first-order valence-corrected chi connectivity index (χ1v) is 7.20. The van der Waals surface area contributed by atoms with Crippen LogP contribution in [0.15, 0.2) is 12.1 Å². The smallest absolute Gasteiger partial charge is 0.321 e. The Morgan fingerprint density at radius 2 is 1.78 bits per heavy atom. The van der Waals surface area contributed by atoms with E-state index in [1.165, 1.54) is 21.3 Å². The molecule has 0 spiro atoms. The van der Waals surface area contributed by atoms with Gasteiger partial charge in [-0.2, -0.15) is 0 Å². The van der Waals surface area contributed by atoms with Crippen LogP contribution >= 0.6 is 0 Å². The predicted molar refractivity (Wildman–Crippen MR) is 79.9 cm³/mol. The monoisotopic (exact) mass is 324 g/mol. The van der Waals surface area contributed by atoms with E-state index in [4.69, 9.17) is 23.7 Å². The van der Waals surface area contributed by atoms with Crippen LogP contribution in [0.2, 0.25) is 0 Å². The summed E-state index contributed by atoms with van der Waals surface area (Å²) in [5, 5.41) is 0. The third-order valence-electron chi connectivity index (χ3n) is 3.72. The summed E-state index contributed by atoms with van der Waals surface area (Å²) in [4.78, 5) is 24.0. The molecule has 0 bridgehead atoms. The molecule has 23 heavy (non-hydrogen) atoms. The van der Waals surface area contributed by atoms with Crippen LogP contribution in [0, 0.1) is 5.92 Å². The molecule has 1 aromatic carbocycles. The summed E-state index contributed by atoms with van der Waals surface area (Å²) in [6.45, 7) is 1.98.